The summed E-state index contributed by atoms with van der Waals surface area (Å²) >= 11 is 0. The van der Waals surface area contributed by atoms with Crippen molar-refractivity contribution in [2.45, 2.75) is 13.5 Å². The number of nitrogens with one attached hydrogen (secondary N) is 2. The number of halogens is 5. The molecule has 0 fully saturated rings. The third kappa shape index (κ3) is 2.25. The second kappa shape index (κ2) is 4.87. The molecule has 3 nitrogen and oxygen atoms in total. The first kappa shape index (κ1) is 13.3. The molecule has 0 saturated carbocycles. The fourth-order valence-corrected chi connectivity index (χ4v) is 1.50. The van der Waals surface area contributed by atoms with E-state index in [1.54, 1.807) is 6.92 Å². The van der Waals surface area contributed by atoms with E-state index in [0.717, 1.165) is 0 Å². The minimum atomic E-state index is -2.18. The lowest BCUT2D eigenvalue weighted by molar-refractivity contribution is 0.381. The number of hydrogen-bond acceptors (Lipinski definition) is 2. The van der Waals surface area contributed by atoms with Crippen LogP contribution in [0.1, 0.15) is 11.4 Å². The van der Waals surface area contributed by atoms with Crippen molar-refractivity contribution < 1.29 is 22.0 Å². The van der Waals surface area contributed by atoms with Gasteiger partial charge in [0.25, 0.3) is 0 Å². The minimum absolute atomic E-state index is 0.173. The number of benzene rings is 1. The Morgan fingerprint density at radius 3 is 2.00 bits per heavy atom. The summed E-state index contributed by atoms with van der Waals surface area (Å²) in [7, 11) is 0. The first-order chi connectivity index (χ1) is 8.93. The average molecular weight is 277 g/mol. The summed E-state index contributed by atoms with van der Waals surface area (Å²) in [6, 6.07) is 0. The number of anilines is 1. The Hall–Kier alpha value is -2.12. The van der Waals surface area contributed by atoms with Crippen LogP contribution in [0, 0.1) is 36.0 Å². The fourth-order valence-electron chi connectivity index (χ4n) is 1.50. The van der Waals surface area contributed by atoms with Gasteiger partial charge in [-0.2, -0.15) is 0 Å². The molecular formula is C11H8F5N3. The normalized spacial score (nSPS) is 10.8. The lowest BCUT2D eigenvalue weighted by atomic mass is 10.2. The molecule has 0 bridgehead atoms. The Morgan fingerprint density at radius 2 is 1.53 bits per heavy atom. The highest BCUT2D eigenvalue weighted by atomic mass is 19.2. The van der Waals surface area contributed by atoms with E-state index in [1.165, 1.54) is 6.33 Å². The average Bonchev–Trinajstić information content (AvgIpc) is 2.80. The second-order valence-electron chi connectivity index (χ2n) is 3.77. The highest BCUT2D eigenvalue weighted by molar-refractivity contribution is 5.48. The summed E-state index contributed by atoms with van der Waals surface area (Å²) < 4.78 is 65.3. The number of nitrogens with zero attached hydrogens (tertiary/aromatic N) is 1. The summed E-state index contributed by atoms with van der Waals surface area (Å²) in [5.74, 6) is -9.95. The summed E-state index contributed by atoms with van der Waals surface area (Å²) in [5, 5.41) is 2.15. The van der Waals surface area contributed by atoms with Gasteiger partial charge in [-0.15, -0.1) is 0 Å². The third-order valence-corrected chi connectivity index (χ3v) is 2.58. The van der Waals surface area contributed by atoms with Crippen molar-refractivity contribution in [1.29, 1.82) is 0 Å². The smallest absolute Gasteiger partial charge is 0.200 e. The largest absolute Gasteiger partial charge is 0.374 e. The molecule has 0 unspecified atom stereocenters. The molecule has 2 rings (SSSR count). The zero-order valence-electron chi connectivity index (χ0n) is 9.62. The van der Waals surface area contributed by atoms with Crippen LogP contribution in [-0.4, -0.2) is 9.97 Å². The predicted octanol–water partition coefficient (Wildman–Crippen LogP) is 3.03. The molecule has 0 aliphatic rings. The van der Waals surface area contributed by atoms with Gasteiger partial charge in [0.15, 0.2) is 23.3 Å². The molecular weight excluding hydrogens is 269 g/mol. The molecule has 2 N–H and O–H groups in total. The molecule has 0 aliphatic heterocycles. The molecule has 102 valence electrons. The van der Waals surface area contributed by atoms with E-state index in [-0.39, 0.29) is 6.54 Å². The van der Waals surface area contributed by atoms with Gasteiger partial charge in [0.1, 0.15) is 5.69 Å². The molecule has 8 heteroatoms. The molecule has 19 heavy (non-hydrogen) atoms. The maximum absolute atomic E-state index is 13.3. The number of aromatic amines is 1. The van der Waals surface area contributed by atoms with E-state index < -0.39 is 34.8 Å². The molecule has 2 aromatic rings. The minimum Gasteiger partial charge on any atom is -0.374 e. The summed E-state index contributed by atoms with van der Waals surface area (Å²) in [6.45, 7) is 1.48. The van der Waals surface area contributed by atoms with Crippen LogP contribution in [0.3, 0.4) is 0 Å². The monoisotopic (exact) mass is 277 g/mol. The molecule has 1 aromatic carbocycles. The van der Waals surface area contributed by atoms with E-state index in [9.17, 15) is 22.0 Å². The van der Waals surface area contributed by atoms with Crippen molar-refractivity contribution in [1.82, 2.24) is 9.97 Å². The molecule has 0 saturated heterocycles. The Labute approximate surface area is 104 Å². The van der Waals surface area contributed by atoms with E-state index in [1.807, 2.05) is 0 Å². The summed E-state index contributed by atoms with van der Waals surface area (Å²) in [6.07, 6.45) is 1.35. The second-order valence-corrected chi connectivity index (χ2v) is 3.77. The van der Waals surface area contributed by atoms with Gasteiger partial charge in [-0.3, -0.25) is 0 Å². The lowest BCUT2D eigenvalue weighted by Crippen LogP contribution is -2.10. The Morgan fingerprint density at radius 1 is 1.00 bits per heavy atom. The molecule has 0 atom stereocenters. The van der Waals surface area contributed by atoms with Crippen LogP contribution in [0.5, 0.6) is 0 Å². The van der Waals surface area contributed by atoms with Gasteiger partial charge >= 0.3 is 0 Å². The first-order valence-electron chi connectivity index (χ1n) is 5.17. The highest BCUT2D eigenvalue weighted by Gasteiger charge is 2.25. The van der Waals surface area contributed by atoms with Crippen molar-refractivity contribution >= 4 is 5.69 Å². The van der Waals surface area contributed by atoms with Crippen LogP contribution in [0.2, 0.25) is 0 Å². The molecule has 0 aliphatic carbocycles. The maximum atomic E-state index is 13.3. The van der Waals surface area contributed by atoms with E-state index in [0.29, 0.717) is 11.4 Å². The van der Waals surface area contributed by atoms with Gasteiger partial charge in [-0.25, -0.2) is 26.9 Å². The van der Waals surface area contributed by atoms with Crippen LogP contribution in [-0.2, 0) is 6.54 Å². The van der Waals surface area contributed by atoms with Crippen molar-refractivity contribution in [2.24, 2.45) is 0 Å². The number of imidazole rings is 1. The van der Waals surface area contributed by atoms with Crippen molar-refractivity contribution in [3.63, 3.8) is 0 Å². The summed E-state index contributed by atoms with van der Waals surface area (Å²) in [5.41, 5.74) is -0.0425. The van der Waals surface area contributed by atoms with Gasteiger partial charge < -0.3 is 10.3 Å². The quantitative estimate of drug-likeness (QED) is 0.514. The predicted molar refractivity (Wildman–Crippen MR) is 56.9 cm³/mol. The van der Waals surface area contributed by atoms with Crippen molar-refractivity contribution in [3.8, 4) is 0 Å². The maximum Gasteiger partial charge on any atom is 0.200 e. The topological polar surface area (TPSA) is 40.7 Å². The number of H-pyrrole nitrogens is 1. The van der Waals surface area contributed by atoms with Gasteiger partial charge in [0.05, 0.1) is 18.6 Å². The highest BCUT2D eigenvalue weighted by Crippen LogP contribution is 2.27. The van der Waals surface area contributed by atoms with Crippen LogP contribution in [0.4, 0.5) is 27.6 Å². The first-order valence-corrected chi connectivity index (χ1v) is 5.17. The summed E-state index contributed by atoms with van der Waals surface area (Å²) in [4.78, 5) is 6.55. The van der Waals surface area contributed by atoms with Crippen molar-refractivity contribution in [2.75, 3.05) is 5.32 Å². The molecule has 0 amide bonds. The number of aryl methyl sites for hydroxylation is 1. The molecule has 0 radical (unpaired) electrons. The Kier molecular flexibility index (Phi) is 3.41. The van der Waals surface area contributed by atoms with Crippen LogP contribution in [0.25, 0.3) is 0 Å². The van der Waals surface area contributed by atoms with E-state index >= 15 is 0 Å². The molecule has 1 heterocycles. The van der Waals surface area contributed by atoms with Gasteiger partial charge in [-0.1, -0.05) is 0 Å². The van der Waals surface area contributed by atoms with Gasteiger partial charge in [0, 0.05) is 5.69 Å². The van der Waals surface area contributed by atoms with Crippen LogP contribution < -0.4 is 5.32 Å². The molecule has 0 spiro atoms. The van der Waals surface area contributed by atoms with E-state index in [2.05, 4.69) is 15.3 Å². The standard InChI is InChI=1S/C11H8F5N3/c1-4-5(19-3-18-4)2-17-11-9(15)7(13)6(12)8(14)10(11)16/h3,17H,2H2,1H3,(H,18,19). The number of aromatic nitrogens is 2. The Balaban J connectivity index is 2.33. The SMILES string of the molecule is Cc1[nH]cnc1CNc1c(F)c(F)c(F)c(F)c1F. The Bertz CT molecular complexity index is 594. The number of rotatable bonds is 3. The van der Waals surface area contributed by atoms with Gasteiger partial charge in [-0.05, 0) is 6.92 Å². The zero-order valence-corrected chi connectivity index (χ0v) is 9.62. The zero-order chi connectivity index (χ0) is 14.2. The molecule has 1 aromatic heterocycles. The van der Waals surface area contributed by atoms with Crippen LogP contribution in [0.15, 0.2) is 6.33 Å². The third-order valence-electron chi connectivity index (χ3n) is 2.58. The lowest BCUT2D eigenvalue weighted by Gasteiger charge is -2.10. The van der Waals surface area contributed by atoms with Crippen LogP contribution >= 0.6 is 0 Å². The van der Waals surface area contributed by atoms with Gasteiger partial charge in [0.2, 0.25) is 5.82 Å². The van der Waals surface area contributed by atoms with E-state index in [4.69, 9.17) is 0 Å². The number of hydrogen-bond donors (Lipinski definition) is 2. The fraction of sp³-hybridized carbons (Fsp3) is 0.182. The van der Waals surface area contributed by atoms with Crippen molar-refractivity contribution in [3.05, 3.63) is 46.8 Å².